The Labute approximate surface area is 85.0 Å². The van der Waals surface area contributed by atoms with Crippen LogP contribution in [0.1, 0.15) is 38.2 Å². The zero-order valence-electron chi connectivity index (χ0n) is 8.33. The Balaban J connectivity index is 2.02. The van der Waals surface area contributed by atoms with Crippen molar-refractivity contribution in [1.29, 1.82) is 0 Å². The lowest BCUT2D eigenvalue weighted by molar-refractivity contribution is 0.551. The molecule has 1 rings (SSSR count). The fourth-order valence-corrected chi connectivity index (χ4v) is 2.08. The van der Waals surface area contributed by atoms with Gasteiger partial charge in [-0.15, -0.1) is 0 Å². The van der Waals surface area contributed by atoms with Gasteiger partial charge in [-0.25, -0.2) is 0 Å². The van der Waals surface area contributed by atoms with E-state index in [4.69, 9.17) is 5.73 Å². The SMILES string of the molecule is CCC(N)CCCCc1ccsc1. The van der Waals surface area contributed by atoms with Crippen molar-refractivity contribution in [2.45, 2.75) is 45.1 Å². The van der Waals surface area contributed by atoms with E-state index in [9.17, 15) is 0 Å². The molecule has 13 heavy (non-hydrogen) atoms. The van der Waals surface area contributed by atoms with E-state index < -0.39 is 0 Å². The molecule has 1 heterocycles. The molecule has 0 amide bonds. The predicted molar refractivity (Wildman–Crippen MR) is 60.1 cm³/mol. The van der Waals surface area contributed by atoms with E-state index >= 15 is 0 Å². The Morgan fingerprint density at radius 2 is 2.31 bits per heavy atom. The topological polar surface area (TPSA) is 26.0 Å². The molecule has 0 saturated carbocycles. The molecule has 1 nitrogen and oxygen atoms in total. The van der Waals surface area contributed by atoms with E-state index in [0.717, 1.165) is 6.42 Å². The lowest BCUT2D eigenvalue weighted by Crippen LogP contribution is -2.17. The van der Waals surface area contributed by atoms with Gasteiger partial charge >= 0.3 is 0 Å². The molecule has 74 valence electrons. The van der Waals surface area contributed by atoms with Crippen LogP contribution in [0, 0.1) is 0 Å². The molecule has 0 aromatic carbocycles. The average Bonchev–Trinajstić information content (AvgIpc) is 2.64. The minimum atomic E-state index is 0.419. The average molecular weight is 197 g/mol. The molecule has 2 heteroatoms. The van der Waals surface area contributed by atoms with Gasteiger partial charge in [-0.05, 0) is 48.1 Å². The first kappa shape index (κ1) is 10.7. The van der Waals surface area contributed by atoms with Gasteiger partial charge in [-0.1, -0.05) is 13.3 Å². The highest BCUT2D eigenvalue weighted by atomic mass is 32.1. The van der Waals surface area contributed by atoms with Crippen LogP contribution in [0.15, 0.2) is 16.8 Å². The second kappa shape index (κ2) is 6.17. The second-order valence-electron chi connectivity index (χ2n) is 3.55. The molecule has 0 fully saturated rings. The van der Waals surface area contributed by atoms with Crippen molar-refractivity contribution in [2.75, 3.05) is 0 Å². The van der Waals surface area contributed by atoms with Crippen molar-refractivity contribution < 1.29 is 0 Å². The first-order chi connectivity index (χ1) is 6.33. The summed E-state index contributed by atoms with van der Waals surface area (Å²) in [5.41, 5.74) is 7.32. The highest BCUT2D eigenvalue weighted by Gasteiger charge is 1.98. The van der Waals surface area contributed by atoms with E-state index in [0.29, 0.717) is 6.04 Å². The second-order valence-corrected chi connectivity index (χ2v) is 4.33. The minimum Gasteiger partial charge on any atom is -0.328 e. The van der Waals surface area contributed by atoms with Crippen LogP contribution in [-0.2, 0) is 6.42 Å². The molecule has 0 radical (unpaired) electrons. The van der Waals surface area contributed by atoms with E-state index in [1.54, 1.807) is 11.3 Å². The summed E-state index contributed by atoms with van der Waals surface area (Å²) in [5, 5.41) is 4.38. The van der Waals surface area contributed by atoms with Crippen molar-refractivity contribution in [1.82, 2.24) is 0 Å². The maximum Gasteiger partial charge on any atom is 0.00362 e. The first-order valence-corrected chi connectivity index (χ1v) is 6.04. The van der Waals surface area contributed by atoms with Crippen LogP contribution in [0.4, 0.5) is 0 Å². The zero-order chi connectivity index (χ0) is 9.52. The van der Waals surface area contributed by atoms with Crippen LogP contribution in [0.5, 0.6) is 0 Å². The summed E-state index contributed by atoms with van der Waals surface area (Å²) in [6, 6.07) is 2.63. The van der Waals surface area contributed by atoms with Crippen molar-refractivity contribution in [3.8, 4) is 0 Å². The summed E-state index contributed by atoms with van der Waals surface area (Å²) in [6.07, 6.45) is 6.06. The molecule has 1 aromatic rings. The van der Waals surface area contributed by atoms with Crippen LogP contribution in [0.25, 0.3) is 0 Å². The van der Waals surface area contributed by atoms with Crippen LogP contribution in [0.2, 0.25) is 0 Å². The lowest BCUT2D eigenvalue weighted by atomic mass is 10.1. The number of nitrogens with two attached hydrogens (primary N) is 1. The van der Waals surface area contributed by atoms with Crippen molar-refractivity contribution >= 4 is 11.3 Å². The Kier molecular flexibility index (Phi) is 5.09. The van der Waals surface area contributed by atoms with E-state index in [1.807, 2.05) is 0 Å². The summed E-state index contributed by atoms with van der Waals surface area (Å²) in [5.74, 6) is 0. The zero-order valence-corrected chi connectivity index (χ0v) is 9.15. The molecule has 1 atom stereocenters. The van der Waals surface area contributed by atoms with Crippen LogP contribution in [0.3, 0.4) is 0 Å². The number of rotatable bonds is 6. The molecule has 0 spiro atoms. The van der Waals surface area contributed by atoms with E-state index in [-0.39, 0.29) is 0 Å². The van der Waals surface area contributed by atoms with Crippen molar-refractivity contribution in [3.63, 3.8) is 0 Å². The van der Waals surface area contributed by atoms with Gasteiger partial charge in [0.05, 0.1) is 0 Å². The number of hydrogen-bond donors (Lipinski definition) is 1. The maximum atomic E-state index is 5.83. The summed E-state index contributed by atoms with van der Waals surface area (Å²) in [7, 11) is 0. The number of unbranched alkanes of at least 4 members (excludes halogenated alkanes) is 1. The molecule has 0 aliphatic carbocycles. The van der Waals surface area contributed by atoms with Gasteiger partial charge in [0.1, 0.15) is 0 Å². The smallest absolute Gasteiger partial charge is 0.00362 e. The van der Waals surface area contributed by atoms with Gasteiger partial charge in [0, 0.05) is 6.04 Å². The Morgan fingerprint density at radius 1 is 1.46 bits per heavy atom. The van der Waals surface area contributed by atoms with Gasteiger partial charge in [-0.3, -0.25) is 0 Å². The quantitative estimate of drug-likeness (QED) is 0.696. The fourth-order valence-electron chi connectivity index (χ4n) is 1.37. The number of thiophene rings is 1. The fraction of sp³-hybridized carbons (Fsp3) is 0.636. The molecule has 1 aromatic heterocycles. The normalized spacial score (nSPS) is 13.1. The van der Waals surface area contributed by atoms with Crippen LogP contribution < -0.4 is 5.73 Å². The third-order valence-corrected chi connectivity index (χ3v) is 3.13. The molecule has 0 aliphatic heterocycles. The molecular weight excluding hydrogens is 178 g/mol. The molecule has 0 aliphatic rings. The van der Waals surface area contributed by atoms with Crippen LogP contribution in [-0.4, -0.2) is 6.04 Å². The third kappa shape index (κ3) is 4.44. The highest BCUT2D eigenvalue weighted by molar-refractivity contribution is 7.07. The van der Waals surface area contributed by atoms with E-state index in [2.05, 4.69) is 23.8 Å². The Hall–Kier alpha value is -0.340. The number of hydrogen-bond acceptors (Lipinski definition) is 2. The summed E-state index contributed by atoms with van der Waals surface area (Å²) in [4.78, 5) is 0. The maximum absolute atomic E-state index is 5.83. The summed E-state index contributed by atoms with van der Waals surface area (Å²) < 4.78 is 0. The molecule has 2 N–H and O–H groups in total. The van der Waals surface area contributed by atoms with Gasteiger partial charge in [0.2, 0.25) is 0 Å². The van der Waals surface area contributed by atoms with Gasteiger partial charge in [0.25, 0.3) is 0 Å². The van der Waals surface area contributed by atoms with Crippen LogP contribution >= 0.6 is 11.3 Å². The van der Waals surface area contributed by atoms with E-state index in [1.165, 1.54) is 31.2 Å². The largest absolute Gasteiger partial charge is 0.328 e. The summed E-state index contributed by atoms with van der Waals surface area (Å²) >= 11 is 1.78. The molecular formula is C11H19NS. The minimum absolute atomic E-state index is 0.419. The summed E-state index contributed by atoms with van der Waals surface area (Å²) in [6.45, 7) is 2.16. The van der Waals surface area contributed by atoms with Gasteiger partial charge < -0.3 is 5.73 Å². The predicted octanol–water partition coefficient (Wildman–Crippen LogP) is 3.20. The van der Waals surface area contributed by atoms with Crippen molar-refractivity contribution in [3.05, 3.63) is 22.4 Å². The molecule has 0 saturated heterocycles. The monoisotopic (exact) mass is 197 g/mol. The molecule has 0 bridgehead atoms. The van der Waals surface area contributed by atoms with Crippen molar-refractivity contribution in [2.24, 2.45) is 5.73 Å². The first-order valence-electron chi connectivity index (χ1n) is 5.09. The third-order valence-electron chi connectivity index (χ3n) is 2.39. The standard InChI is InChI=1S/C11H19NS/c1-2-11(12)6-4-3-5-10-7-8-13-9-10/h7-9,11H,2-6,12H2,1H3. The number of aryl methyl sites for hydroxylation is 1. The highest BCUT2D eigenvalue weighted by Crippen LogP contribution is 2.11. The van der Waals surface area contributed by atoms with Gasteiger partial charge in [-0.2, -0.15) is 11.3 Å². The Bertz CT molecular complexity index is 206. The van der Waals surface area contributed by atoms with Gasteiger partial charge in [0.15, 0.2) is 0 Å². The lowest BCUT2D eigenvalue weighted by Gasteiger charge is -2.06. The Morgan fingerprint density at radius 3 is 2.92 bits per heavy atom. The molecule has 1 unspecified atom stereocenters.